The quantitative estimate of drug-likeness (QED) is 0.695. The summed E-state index contributed by atoms with van der Waals surface area (Å²) >= 11 is 0. The van der Waals surface area contributed by atoms with Crippen LogP contribution in [0.5, 0.6) is 5.75 Å². The first-order valence-electron chi connectivity index (χ1n) is 7.97. The fourth-order valence-corrected chi connectivity index (χ4v) is 2.12. The summed E-state index contributed by atoms with van der Waals surface area (Å²) in [5.74, 6) is -1.19. The topological polar surface area (TPSA) is 93.7 Å². The lowest BCUT2D eigenvalue weighted by atomic mass is 10.2. The molecule has 7 heteroatoms. The van der Waals surface area contributed by atoms with Crippen molar-refractivity contribution in [2.75, 3.05) is 20.3 Å². The van der Waals surface area contributed by atoms with Crippen LogP contribution in [0.25, 0.3) is 0 Å². The third-order valence-corrected chi connectivity index (χ3v) is 3.44. The van der Waals surface area contributed by atoms with E-state index in [0.717, 1.165) is 5.56 Å². The van der Waals surface area contributed by atoms with Crippen molar-refractivity contribution in [2.45, 2.75) is 6.54 Å². The number of rotatable bonds is 8. The molecule has 0 atom stereocenters. The van der Waals surface area contributed by atoms with Crippen molar-refractivity contribution in [1.29, 1.82) is 0 Å². The maximum Gasteiger partial charge on any atom is 0.325 e. The van der Waals surface area contributed by atoms with Crippen LogP contribution in [0.2, 0.25) is 0 Å². The van der Waals surface area contributed by atoms with Gasteiger partial charge in [-0.25, -0.2) is 0 Å². The van der Waals surface area contributed by atoms with Gasteiger partial charge >= 0.3 is 5.97 Å². The highest BCUT2D eigenvalue weighted by atomic mass is 16.5. The van der Waals surface area contributed by atoms with Crippen molar-refractivity contribution < 1.29 is 23.9 Å². The minimum absolute atomic E-state index is 0.309. The number of ether oxygens (including phenoxy) is 2. The van der Waals surface area contributed by atoms with E-state index in [-0.39, 0.29) is 6.54 Å². The summed E-state index contributed by atoms with van der Waals surface area (Å²) in [5, 5.41) is 5.07. The summed E-state index contributed by atoms with van der Waals surface area (Å²) in [5.41, 5.74) is 1.25. The Morgan fingerprint density at radius 1 is 0.923 bits per heavy atom. The van der Waals surface area contributed by atoms with Gasteiger partial charge in [-0.05, 0) is 17.7 Å². The molecule has 2 rings (SSSR count). The van der Waals surface area contributed by atoms with E-state index < -0.39 is 24.4 Å². The molecule has 136 valence electrons. The predicted molar refractivity (Wildman–Crippen MR) is 94.6 cm³/mol. The Morgan fingerprint density at radius 2 is 1.62 bits per heavy atom. The summed E-state index contributed by atoms with van der Waals surface area (Å²) in [7, 11) is 1.45. The number of benzene rings is 2. The molecule has 0 unspecified atom stereocenters. The molecule has 0 radical (unpaired) electrons. The number of methoxy groups -OCH3 is 1. The van der Waals surface area contributed by atoms with Crippen LogP contribution in [0.1, 0.15) is 15.9 Å². The van der Waals surface area contributed by atoms with E-state index in [1.54, 1.807) is 24.3 Å². The van der Waals surface area contributed by atoms with E-state index in [4.69, 9.17) is 9.47 Å². The second kappa shape index (κ2) is 9.83. The molecule has 0 aliphatic heterocycles. The first-order chi connectivity index (χ1) is 12.6. The number of hydrogen-bond acceptors (Lipinski definition) is 5. The molecule has 0 saturated heterocycles. The van der Waals surface area contributed by atoms with Crippen LogP contribution in [0, 0.1) is 0 Å². The van der Waals surface area contributed by atoms with Gasteiger partial charge in [-0.3, -0.25) is 14.4 Å². The molecule has 7 nitrogen and oxygen atoms in total. The molecule has 0 fully saturated rings. The van der Waals surface area contributed by atoms with Gasteiger partial charge in [0.2, 0.25) is 0 Å². The lowest BCUT2D eigenvalue weighted by Crippen LogP contribution is -2.33. The van der Waals surface area contributed by atoms with E-state index in [2.05, 4.69) is 10.6 Å². The molecule has 2 aromatic rings. The van der Waals surface area contributed by atoms with Crippen LogP contribution in [0.15, 0.2) is 54.6 Å². The van der Waals surface area contributed by atoms with Gasteiger partial charge < -0.3 is 20.1 Å². The van der Waals surface area contributed by atoms with Crippen LogP contribution >= 0.6 is 0 Å². The second-order valence-corrected chi connectivity index (χ2v) is 5.31. The molecule has 2 amide bonds. The van der Waals surface area contributed by atoms with Crippen molar-refractivity contribution >= 4 is 17.8 Å². The van der Waals surface area contributed by atoms with Crippen LogP contribution in [0.4, 0.5) is 0 Å². The smallest absolute Gasteiger partial charge is 0.325 e. The van der Waals surface area contributed by atoms with E-state index in [0.29, 0.717) is 17.9 Å². The third-order valence-electron chi connectivity index (χ3n) is 3.44. The second-order valence-electron chi connectivity index (χ2n) is 5.31. The Kier molecular flexibility index (Phi) is 7.17. The minimum Gasteiger partial charge on any atom is -0.496 e. The number of amides is 2. The minimum atomic E-state index is -0.705. The Hall–Kier alpha value is -3.35. The molecule has 0 bridgehead atoms. The van der Waals surface area contributed by atoms with Crippen LogP contribution in [-0.4, -0.2) is 38.0 Å². The van der Waals surface area contributed by atoms with Crippen molar-refractivity contribution in [2.24, 2.45) is 0 Å². The molecule has 0 saturated carbocycles. The summed E-state index contributed by atoms with van der Waals surface area (Å²) < 4.78 is 9.92. The van der Waals surface area contributed by atoms with Crippen molar-refractivity contribution in [1.82, 2.24) is 10.6 Å². The molecule has 0 heterocycles. The maximum atomic E-state index is 12.0. The Morgan fingerprint density at radius 3 is 2.35 bits per heavy atom. The number of para-hydroxylation sites is 1. The van der Waals surface area contributed by atoms with Gasteiger partial charge in [0.1, 0.15) is 12.3 Å². The first kappa shape index (κ1) is 19.0. The molecule has 0 aromatic heterocycles. The normalized spacial score (nSPS) is 9.88. The lowest BCUT2D eigenvalue weighted by Gasteiger charge is -2.09. The highest BCUT2D eigenvalue weighted by Crippen LogP contribution is 2.16. The number of hydrogen-bond donors (Lipinski definition) is 2. The van der Waals surface area contributed by atoms with E-state index in [1.165, 1.54) is 7.11 Å². The Labute approximate surface area is 151 Å². The van der Waals surface area contributed by atoms with Crippen LogP contribution < -0.4 is 15.4 Å². The highest BCUT2D eigenvalue weighted by Gasteiger charge is 2.13. The average Bonchev–Trinajstić information content (AvgIpc) is 2.69. The zero-order chi connectivity index (χ0) is 18.8. The first-order valence-corrected chi connectivity index (χ1v) is 7.97. The Balaban J connectivity index is 1.70. The zero-order valence-corrected chi connectivity index (χ0v) is 14.4. The summed E-state index contributed by atoms with van der Waals surface area (Å²) in [4.78, 5) is 35.4. The van der Waals surface area contributed by atoms with Gasteiger partial charge in [0.05, 0.1) is 12.7 Å². The van der Waals surface area contributed by atoms with Gasteiger partial charge in [-0.1, -0.05) is 42.5 Å². The molecule has 0 aliphatic rings. The van der Waals surface area contributed by atoms with Crippen LogP contribution in [-0.2, 0) is 20.9 Å². The monoisotopic (exact) mass is 356 g/mol. The fourth-order valence-electron chi connectivity index (χ4n) is 2.12. The largest absolute Gasteiger partial charge is 0.496 e. The summed E-state index contributed by atoms with van der Waals surface area (Å²) in [6.07, 6.45) is 0. The molecule has 0 aliphatic carbocycles. The van der Waals surface area contributed by atoms with Gasteiger partial charge in [-0.15, -0.1) is 0 Å². The molecular formula is C19H20N2O5. The SMILES string of the molecule is COc1ccccc1C(=O)NCC(=O)OCC(=O)NCc1ccccc1. The van der Waals surface area contributed by atoms with E-state index in [1.807, 2.05) is 30.3 Å². The lowest BCUT2D eigenvalue weighted by molar-refractivity contribution is -0.147. The molecular weight excluding hydrogens is 336 g/mol. The molecule has 0 spiro atoms. The third kappa shape index (κ3) is 5.94. The van der Waals surface area contributed by atoms with Gasteiger partial charge in [0, 0.05) is 6.54 Å². The fraction of sp³-hybridized carbons (Fsp3) is 0.211. The number of carbonyl (C=O) groups excluding carboxylic acids is 3. The number of carbonyl (C=O) groups is 3. The van der Waals surface area contributed by atoms with Crippen molar-refractivity contribution in [3.05, 3.63) is 65.7 Å². The predicted octanol–water partition coefficient (Wildman–Crippen LogP) is 1.28. The van der Waals surface area contributed by atoms with Crippen molar-refractivity contribution in [3.8, 4) is 5.75 Å². The van der Waals surface area contributed by atoms with Gasteiger partial charge in [0.25, 0.3) is 11.8 Å². The van der Waals surface area contributed by atoms with E-state index >= 15 is 0 Å². The molecule has 2 aromatic carbocycles. The molecule has 26 heavy (non-hydrogen) atoms. The number of nitrogens with one attached hydrogen (secondary N) is 2. The zero-order valence-electron chi connectivity index (χ0n) is 14.4. The summed E-state index contributed by atoms with van der Waals surface area (Å²) in [6, 6.07) is 16.0. The number of esters is 1. The standard InChI is InChI=1S/C19H20N2O5/c1-25-16-10-6-5-9-15(16)19(24)21-12-18(23)26-13-17(22)20-11-14-7-3-2-4-8-14/h2-10H,11-13H2,1H3,(H,20,22)(H,21,24). The van der Waals surface area contributed by atoms with E-state index in [9.17, 15) is 14.4 Å². The van der Waals surface area contributed by atoms with Gasteiger partial charge in [0.15, 0.2) is 6.61 Å². The molecule has 2 N–H and O–H groups in total. The Bertz CT molecular complexity index is 762. The highest BCUT2D eigenvalue weighted by molar-refractivity contribution is 5.98. The van der Waals surface area contributed by atoms with Crippen LogP contribution in [0.3, 0.4) is 0 Å². The maximum absolute atomic E-state index is 12.0. The summed E-state index contributed by atoms with van der Waals surface area (Å²) in [6.45, 7) is -0.402. The van der Waals surface area contributed by atoms with Gasteiger partial charge in [-0.2, -0.15) is 0 Å². The van der Waals surface area contributed by atoms with Crippen molar-refractivity contribution in [3.63, 3.8) is 0 Å². The average molecular weight is 356 g/mol.